The molecule has 0 aromatic heterocycles. The average molecular weight is 418 g/mol. The van der Waals surface area contributed by atoms with Crippen molar-refractivity contribution < 1.29 is 14.3 Å². The quantitative estimate of drug-likeness (QED) is 0.443. The second-order valence-corrected chi connectivity index (χ2v) is 7.54. The Kier molecular flexibility index (Phi) is 8.53. The van der Waals surface area contributed by atoms with Gasteiger partial charge in [0, 0.05) is 19.5 Å². The van der Waals surface area contributed by atoms with Crippen LogP contribution in [0, 0.1) is 0 Å². The van der Waals surface area contributed by atoms with Crippen molar-refractivity contribution in [3.05, 3.63) is 95.6 Å². The number of nitrogens with zero attached hydrogens (tertiary/aromatic N) is 1. The van der Waals surface area contributed by atoms with Crippen molar-refractivity contribution in [2.75, 3.05) is 27.3 Å². The third kappa shape index (κ3) is 6.88. The van der Waals surface area contributed by atoms with Crippen LogP contribution in [-0.4, -0.2) is 38.1 Å². The number of hydrogen-bond donors (Lipinski definition) is 0. The van der Waals surface area contributed by atoms with Crippen molar-refractivity contribution >= 4 is 5.91 Å². The number of methoxy groups -OCH3 is 2. The predicted octanol–water partition coefficient (Wildman–Crippen LogP) is 4.95. The van der Waals surface area contributed by atoms with Gasteiger partial charge in [-0.25, -0.2) is 0 Å². The van der Waals surface area contributed by atoms with Gasteiger partial charge < -0.3 is 14.4 Å². The summed E-state index contributed by atoms with van der Waals surface area (Å²) in [7, 11) is 3.25. The fourth-order valence-corrected chi connectivity index (χ4v) is 3.62. The molecular weight excluding hydrogens is 386 g/mol. The van der Waals surface area contributed by atoms with Crippen molar-refractivity contribution in [3.8, 4) is 11.5 Å². The van der Waals surface area contributed by atoms with Crippen molar-refractivity contribution in [1.82, 2.24) is 4.90 Å². The van der Waals surface area contributed by atoms with Crippen LogP contribution in [0.4, 0.5) is 0 Å². The Morgan fingerprint density at radius 3 is 1.74 bits per heavy atom. The number of ether oxygens (including phenoxy) is 2. The van der Waals surface area contributed by atoms with E-state index in [1.165, 1.54) is 11.1 Å². The third-order valence-corrected chi connectivity index (χ3v) is 5.45. The second-order valence-electron chi connectivity index (χ2n) is 7.54. The first-order valence-corrected chi connectivity index (χ1v) is 10.8. The summed E-state index contributed by atoms with van der Waals surface area (Å²) in [6.45, 7) is 1.45. The molecule has 0 saturated heterocycles. The van der Waals surface area contributed by atoms with Crippen molar-refractivity contribution in [3.63, 3.8) is 0 Å². The normalized spacial score (nSPS) is 10.5. The molecule has 3 aromatic rings. The largest absolute Gasteiger partial charge is 0.493 e. The van der Waals surface area contributed by atoms with Crippen molar-refractivity contribution in [1.29, 1.82) is 0 Å². The zero-order chi connectivity index (χ0) is 21.9. The van der Waals surface area contributed by atoms with E-state index < -0.39 is 0 Å². The Labute approximate surface area is 185 Å². The molecular formula is C27H31NO3. The maximum atomic E-state index is 13.1. The van der Waals surface area contributed by atoms with Gasteiger partial charge in [-0.1, -0.05) is 66.7 Å². The van der Waals surface area contributed by atoms with Crippen LogP contribution in [0.2, 0.25) is 0 Å². The Hall–Kier alpha value is -3.27. The summed E-state index contributed by atoms with van der Waals surface area (Å²) in [4.78, 5) is 15.1. The predicted molar refractivity (Wildman–Crippen MR) is 125 cm³/mol. The Morgan fingerprint density at radius 2 is 1.23 bits per heavy atom. The SMILES string of the molecule is COc1ccc(CCC(=O)N(CCc2ccccc2)CCc2ccccc2)cc1OC. The van der Waals surface area contributed by atoms with Crippen LogP contribution in [0.3, 0.4) is 0 Å². The first kappa shape index (κ1) is 22.4. The number of amides is 1. The summed E-state index contributed by atoms with van der Waals surface area (Å²) >= 11 is 0. The molecule has 0 saturated carbocycles. The van der Waals surface area contributed by atoms with Gasteiger partial charge in [0.1, 0.15) is 0 Å². The van der Waals surface area contributed by atoms with Gasteiger partial charge in [0.15, 0.2) is 11.5 Å². The molecule has 4 nitrogen and oxygen atoms in total. The molecule has 3 aromatic carbocycles. The maximum absolute atomic E-state index is 13.1. The molecule has 162 valence electrons. The molecule has 3 rings (SSSR count). The van der Waals surface area contributed by atoms with Crippen LogP contribution < -0.4 is 9.47 Å². The molecule has 0 aliphatic carbocycles. The molecule has 0 aliphatic rings. The molecule has 31 heavy (non-hydrogen) atoms. The summed E-state index contributed by atoms with van der Waals surface area (Å²) in [5.74, 6) is 1.57. The lowest BCUT2D eigenvalue weighted by molar-refractivity contribution is -0.131. The number of carbonyl (C=O) groups is 1. The number of rotatable bonds is 11. The number of benzene rings is 3. The number of carbonyl (C=O) groups excluding carboxylic acids is 1. The molecule has 0 unspecified atom stereocenters. The van der Waals surface area contributed by atoms with Gasteiger partial charge in [0.25, 0.3) is 0 Å². The number of hydrogen-bond acceptors (Lipinski definition) is 3. The molecule has 4 heteroatoms. The highest BCUT2D eigenvalue weighted by Gasteiger charge is 2.14. The van der Waals surface area contributed by atoms with Crippen molar-refractivity contribution in [2.24, 2.45) is 0 Å². The van der Waals surface area contributed by atoms with Gasteiger partial charge in [0.2, 0.25) is 5.91 Å². The first-order valence-electron chi connectivity index (χ1n) is 10.8. The summed E-state index contributed by atoms with van der Waals surface area (Å²) in [6.07, 6.45) is 2.86. The van der Waals surface area contributed by atoms with Crippen LogP contribution in [0.15, 0.2) is 78.9 Å². The van der Waals surface area contributed by atoms with E-state index in [1.54, 1.807) is 14.2 Å². The van der Waals surface area contributed by atoms with Crippen LogP contribution in [-0.2, 0) is 24.1 Å². The van der Waals surface area contributed by atoms with E-state index in [0.29, 0.717) is 24.3 Å². The molecule has 0 radical (unpaired) electrons. The topological polar surface area (TPSA) is 38.8 Å². The van der Waals surface area contributed by atoms with Gasteiger partial charge in [-0.05, 0) is 48.1 Å². The van der Waals surface area contributed by atoms with Gasteiger partial charge in [-0.2, -0.15) is 0 Å². The van der Waals surface area contributed by atoms with Crippen molar-refractivity contribution in [2.45, 2.75) is 25.7 Å². The van der Waals surface area contributed by atoms with E-state index >= 15 is 0 Å². The lowest BCUT2D eigenvalue weighted by atomic mass is 10.1. The molecule has 0 N–H and O–H groups in total. The highest BCUT2D eigenvalue weighted by molar-refractivity contribution is 5.76. The summed E-state index contributed by atoms with van der Waals surface area (Å²) in [5.41, 5.74) is 3.57. The lowest BCUT2D eigenvalue weighted by Crippen LogP contribution is -2.35. The van der Waals surface area contributed by atoms with Crippen LogP contribution in [0.5, 0.6) is 11.5 Å². The third-order valence-electron chi connectivity index (χ3n) is 5.45. The monoisotopic (exact) mass is 417 g/mol. The van der Waals surface area contributed by atoms with Crippen LogP contribution in [0.1, 0.15) is 23.1 Å². The molecule has 0 bridgehead atoms. The lowest BCUT2D eigenvalue weighted by Gasteiger charge is -2.23. The smallest absolute Gasteiger partial charge is 0.222 e. The fourth-order valence-electron chi connectivity index (χ4n) is 3.62. The molecule has 0 atom stereocenters. The summed E-state index contributed by atoms with van der Waals surface area (Å²) in [5, 5.41) is 0. The van der Waals surface area contributed by atoms with E-state index in [4.69, 9.17) is 9.47 Å². The minimum absolute atomic E-state index is 0.182. The molecule has 0 fully saturated rings. The minimum Gasteiger partial charge on any atom is -0.493 e. The van der Waals surface area contributed by atoms with E-state index in [-0.39, 0.29) is 5.91 Å². The van der Waals surface area contributed by atoms with Gasteiger partial charge in [-0.3, -0.25) is 4.79 Å². The van der Waals surface area contributed by atoms with E-state index in [9.17, 15) is 4.79 Å². The van der Waals surface area contributed by atoms with Crippen LogP contribution >= 0.6 is 0 Å². The van der Waals surface area contributed by atoms with Gasteiger partial charge >= 0.3 is 0 Å². The highest BCUT2D eigenvalue weighted by Crippen LogP contribution is 2.28. The molecule has 0 spiro atoms. The molecule has 0 heterocycles. The maximum Gasteiger partial charge on any atom is 0.222 e. The standard InChI is InChI=1S/C27H31NO3/c1-30-25-15-13-24(21-26(25)31-2)14-16-27(29)28(19-17-22-9-5-3-6-10-22)20-18-23-11-7-4-8-12-23/h3-13,15,21H,14,16-20H2,1-2H3. The van der Waals surface area contributed by atoms with E-state index in [1.807, 2.05) is 59.5 Å². The Morgan fingerprint density at radius 1 is 0.677 bits per heavy atom. The van der Waals surface area contributed by atoms with Crippen LogP contribution in [0.25, 0.3) is 0 Å². The first-order chi connectivity index (χ1) is 15.2. The van der Waals surface area contributed by atoms with Gasteiger partial charge in [0.05, 0.1) is 14.2 Å². The Bertz CT molecular complexity index is 898. The average Bonchev–Trinajstić information content (AvgIpc) is 2.83. The van der Waals surface area contributed by atoms with Gasteiger partial charge in [-0.15, -0.1) is 0 Å². The highest BCUT2D eigenvalue weighted by atomic mass is 16.5. The summed E-state index contributed by atoms with van der Waals surface area (Å²) in [6, 6.07) is 26.5. The molecule has 0 aliphatic heterocycles. The number of aryl methyl sites for hydroxylation is 1. The minimum atomic E-state index is 0.182. The fraction of sp³-hybridized carbons (Fsp3) is 0.296. The second kappa shape index (κ2) is 11.8. The Balaban J connectivity index is 1.62. The zero-order valence-corrected chi connectivity index (χ0v) is 18.4. The molecule has 1 amide bonds. The van der Waals surface area contributed by atoms with E-state index in [0.717, 1.165) is 31.5 Å². The summed E-state index contributed by atoms with van der Waals surface area (Å²) < 4.78 is 10.7. The zero-order valence-electron chi connectivity index (χ0n) is 18.4. The van der Waals surface area contributed by atoms with E-state index in [2.05, 4.69) is 24.3 Å².